The van der Waals surface area contributed by atoms with Crippen LogP contribution in [0.3, 0.4) is 0 Å². The van der Waals surface area contributed by atoms with Gasteiger partial charge in [-0.1, -0.05) is 30.3 Å². The van der Waals surface area contributed by atoms with Crippen LogP contribution in [0.25, 0.3) is 11.0 Å². The molecule has 0 fully saturated rings. The second-order valence-electron chi connectivity index (χ2n) is 4.17. The van der Waals surface area contributed by atoms with Crippen molar-refractivity contribution in [2.75, 3.05) is 0 Å². The summed E-state index contributed by atoms with van der Waals surface area (Å²) in [6.45, 7) is 0. The molecule has 2 aromatic carbocycles. The Balaban J connectivity index is 2.04. The fourth-order valence-electron chi connectivity index (χ4n) is 1.97. The zero-order chi connectivity index (χ0) is 12.5. The summed E-state index contributed by atoms with van der Waals surface area (Å²) in [4.78, 5) is 7.44. The number of benzene rings is 2. The van der Waals surface area contributed by atoms with Gasteiger partial charge in [-0.3, -0.25) is 0 Å². The number of nitrogens with two attached hydrogens (primary N) is 1. The minimum Gasteiger partial charge on any atom is -0.340 e. The first kappa shape index (κ1) is 10.9. The first-order valence-corrected chi connectivity index (χ1v) is 5.70. The number of imidazole rings is 1. The number of hydrogen-bond donors (Lipinski definition) is 2. The lowest BCUT2D eigenvalue weighted by Gasteiger charge is -2.08. The average Bonchev–Trinajstić information content (AvgIpc) is 2.81. The molecule has 90 valence electrons. The monoisotopic (exact) mass is 241 g/mol. The number of aromatic nitrogens is 2. The summed E-state index contributed by atoms with van der Waals surface area (Å²) in [5.41, 5.74) is 8.48. The summed E-state index contributed by atoms with van der Waals surface area (Å²) in [7, 11) is 0. The highest BCUT2D eigenvalue weighted by Crippen LogP contribution is 2.20. The van der Waals surface area contributed by atoms with Crippen molar-refractivity contribution in [1.82, 2.24) is 9.97 Å². The van der Waals surface area contributed by atoms with Gasteiger partial charge in [0.05, 0.1) is 17.1 Å². The zero-order valence-corrected chi connectivity index (χ0v) is 9.60. The quantitative estimate of drug-likeness (QED) is 0.724. The van der Waals surface area contributed by atoms with E-state index in [9.17, 15) is 4.39 Å². The molecule has 1 atom stereocenters. The molecular weight excluding hydrogens is 229 g/mol. The molecule has 1 aromatic heterocycles. The van der Waals surface area contributed by atoms with Crippen molar-refractivity contribution >= 4 is 11.0 Å². The Morgan fingerprint density at radius 1 is 1.11 bits per heavy atom. The van der Waals surface area contributed by atoms with Crippen molar-refractivity contribution in [1.29, 1.82) is 0 Å². The third-order valence-corrected chi connectivity index (χ3v) is 2.92. The van der Waals surface area contributed by atoms with Crippen LogP contribution in [0.5, 0.6) is 0 Å². The first-order chi connectivity index (χ1) is 8.74. The normalized spacial score (nSPS) is 12.8. The Bertz CT molecular complexity index is 676. The second kappa shape index (κ2) is 4.23. The number of hydrogen-bond acceptors (Lipinski definition) is 2. The highest BCUT2D eigenvalue weighted by atomic mass is 19.1. The van der Waals surface area contributed by atoms with Gasteiger partial charge in [0.2, 0.25) is 0 Å². The van der Waals surface area contributed by atoms with E-state index in [-0.39, 0.29) is 11.9 Å². The maximum Gasteiger partial charge on any atom is 0.128 e. The highest BCUT2D eigenvalue weighted by Gasteiger charge is 2.13. The van der Waals surface area contributed by atoms with Crippen LogP contribution < -0.4 is 5.73 Å². The van der Waals surface area contributed by atoms with E-state index in [0.717, 1.165) is 11.1 Å². The zero-order valence-electron chi connectivity index (χ0n) is 9.60. The van der Waals surface area contributed by atoms with Crippen LogP contribution >= 0.6 is 0 Å². The molecule has 3 rings (SSSR count). The van der Waals surface area contributed by atoms with E-state index >= 15 is 0 Å². The molecule has 0 aliphatic heterocycles. The van der Waals surface area contributed by atoms with Gasteiger partial charge in [0, 0.05) is 0 Å². The van der Waals surface area contributed by atoms with Crippen molar-refractivity contribution in [3.8, 4) is 0 Å². The van der Waals surface area contributed by atoms with Crippen molar-refractivity contribution < 1.29 is 4.39 Å². The van der Waals surface area contributed by atoms with Crippen LogP contribution in [-0.2, 0) is 0 Å². The van der Waals surface area contributed by atoms with E-state index in [1.165, 1.54) is 12.1 Å². The lowest BCUT2D eigenvalue weighted by Crippen LogP contribution is -2.13. The summed E-state index contributed by atoms with van der Waals surface area (Å²) < 4.78 is 13.1. The largest absolute Gasteiger partial charge is 0.340 e. The van der Waals surface area contributed by atoms with Gasteiger partial charge in [-0.15, -0.1) is 0 Å². The third kappa shape index (κ3) is 1.87. The summed E-state index contributed by atoms with van der Waals surface area (Å²) in [6.07, 6.45) is 0. The van der Waals surface area contributed by atoms with Crippen LogP contribution in [0.1, 0.15) is 17.4 Å². The number of rotatable bonds is 2. The predicted molar refractivity (Wildman–Crippen MR) is 68.5 cm³/mol. The molecule has 0 bridgehead atoms. The van der Waals surface area contributed by atoms with Crippen LogP contribution in [0, 0.1) is 5.82 Å². The molecule has 0 amide bonds. The Labute approximate surface area is 103 Å². The van der Waals surface area contributed by atoms with Crippen LogP contribution in [0.4, 0.5) is 4.39 Å². The number of aromatic amines is 1. The molecule has 0 radical (unpaired) electrons. The molecule has 0 aliphatic carbocycles. The van der Waals surface area contributed by atoms with Gasteiger partial charge < -0.3 is 10.7 Å². The van der Waals surface area contributed by atoms with E-state index < -0.39 is 0 Å². The summed E-state index contributed by atoms with van der Waals surface area (Å²) >= 11 is 0. The SMILES string of the molecule is NC(c1ccccc1)c1nc2ccc(F)cc2[nH]1. The molecule has 0 aliphatic rings. The van der Waals surface area contributed by atoms with E-state index in [1.807, 2.05) is 30.3 Å². The molecule has 0 spiro atoms. The van der Waals surface area contributed by atoms with Crippen molar-refractivity contribution in [2.24, 2.45) is 5.73 Å². The summed E-state index contributed by atoms with van der Waals surface area (Å²) in [5, 5.41) is 0. The highest BCUT2D eigenvalue weighted by molar-refractivity contribution is 5.75. The number of halogens is 1. The molecule has 3 nitrogen and oxygen atoms in total. The van der Waals surface area contributed by atoms with E-state index in [4.69, 9.17) is 5.73 Å². The van der Waals surface area contributed by atoms with Gasteiger partial charge in [0.15, 0.2) is 0 Å². The number of nitrogens with one attached hydrogen (secondary N) is 1. The molecule has 18 heavy (non-hydrogen) atoms. The van der Waals surface area contributed by atoms with Crippen LogP contribution in [0.15, 0.2) is 48.5 Å². The molecular formula is C14H12FN3. The first-order valence-electron chi connectivity index (χ1n) is 5.70. The number of fused-ring (bicyclic) bond motifs is 1. The average molecular weight is 241 g/mol. The lowest BCUT2D eigenvalue weighted by molar-refractivity contribution is 0.629. The van der Waals surface area contributed by atoms with Gasteiger partial charge in [-0.25, -0.2) is 9.37 Å². The molecule has 0 saturated heterocycles. The Kier molecular flexibility index (Phi) is 2.57. The molecule has 1 heterocycles. The van der Waals surface area contributed by atoms with E-state index in [2.05, 4.69) is 9.97 Å². The lowest BCUT2D eigenvalue weighted by atomic mass is 10.1. The van der Waals surface area contributed by atoms with Crippen LogP contribution in [0.2, 0.25) is 0 Å². The topological polar surface area (TPSA) is 54.7 Å². The van der Waals surface area contributed by atoms with Gasteiger partial charge >= 0.3 is 0 Å². The standard InChI is InChI=1S/C14H12FN3/c15-10-6-7-11-12(8-10)18-14(17-11)13(16)9-4-2-1-3-5-9/h1-8,13H,16H2,(H,17,18). The van der Waals surface area contributed by atoms with Gasteiger partial charge in [-0.2, -0.15) is 0 Å². The molecule has 3 N–H and O–H groups in total. The fraction of sp³-hybridized carbons (Fsp3) is 0.0714. The smallest absolute Gasteiger partial charge is 0.128 e. The molecule has 1 unspecified atom stereocenters. The Morgan fingerprint density at radius 3 is 2.67 bits per heavy atom. The van der Waals surface area contributed by atoms with Gasteiger partial charge in [0.1, 0.15) is 11.6 Å². The third-order valence-electron chi connectivity index (χ3n) is 2.92. The molecule has 0 saturated carbocycles. The maximum atomic E-state index is 13.1. The molecule has 3 aromatic rings. The second-order valence-corrected chi connectivity index (χ2v) is 4.17. The van der Waals surface area contributed by atoms with E-state index in [0.29, 0.717) is 11.3 Å². The van der Waals surface area contributed by atoms with E-state index in [1.54, 1.807) is 6.07 Å². The van der Waals surface area contributed by atoms with Gasteiger partial charge in [0.25, 0.3) is 0 Å². The van der Waals surface area contributed by atoms with Crippen molar-refractivity contribution in [2.45, 2.75) is 6.04 Å². The minimum atomic E-state index is -0.332. The Morgan fingerprint density at radius 2 is 1.89 bits per heavy atom. The summed E-state index contributed by atoms with van der Waals surface area (Å²) in [5.74, 6) is 0.354. The number of H-pyrrole nitrogens is 1. The molecule has 4 heteroatoms. The predicted octanol–water partition coefficient (Wildman–Crippen LogP) is 2.75. The maximum absolute atomic E-state index is 13.1. The summed E-state index contributed by atoms with van der Waals surface area (Å²) in [6, 6.07) is 13.8. The van der Waals surface area contributed by atoms with Crippen molar-refractivity contribution in [3.63, 3.8) is 0 Å². The van der Waals surface area contributed by atoms with Gasteiger partial charge in [-0.05, 0) is 23.8 Å². The van der Waals surface area contributed by atoms with Crippen molar-refractivity contribution in [3.05, 3.63) is 65.7 Å². The number of nitrogens with zero attached hydrogens (tertiary/aromatic N) is 1. The minimum absolute atomic E-state index is 0.286. The Hall–Kier alpha value is -2.20. The van der Waals surface area contributed by atoms with Crippen LogP contribution in [-0.4, -0.2) is 9.97 Å². The fourth-order valence-corrected chi connectivity index (χ4v) is 1.97.